The summed E-state index contributed by atoms with van der Waals surface area (Å²) in [6, 6.07) is 8.92. The average Bonchev–Trinajstić information content (AvgIpc) is 2.61. The number of nitrogens with one attached hydrogen (secondary N) is 1. The summed E-state index contributed by atoms with van der Waals surface area (Å²) < 4.78 is 0. The fourth-order valence-electron chi connectivity index (χ4n) is 4.86. The zero-order valence-corrected chi connectivity index (χ0v) is 16.1. The SMILES string of the molecule is CC1CCN(C)C(Cc2ccc(O)cc2)C1N(C)CC1CCNCC1. The second-order valence-electron chi connectivity index (χ2n) is 8.31. The smallest absolute Gasteiger partial charge is 0.115 e. The summed E-state index contributed by atoms with van der Waals surface area (Å²) in [5.41, 5.74) is 1.32. The van der Waals surface area contributed by atoms with Gasteiger partial charge in [-0.15, -0.1) is 0 Å². The van der Waals surface area contributed by atoms with Crippen LogP contribution >= 0.6 is 0 Å². The number of rotatable bonds is 5. The molecular weight excluding hydrogens is 310 g/mol. The van der Waals surface area contributed by atoms with E-state index in [9.17, 15) is 5.11 Å². The van der Waals surface area contributed by atoms with Crippen LogP contribution in [0.25, 0.3) is 0 Å². The lowest BCUT2D eigenvalue weighted by Crippen LogP contribution is -2.58. The molecule has 3 unspecified atom stereocenters. The summed E-state index contributed by atoms with van der Waals surface area (Å²) >= 11 is 0. The molecule has 140 valence electrons. The van der Waals surface area contributed by atoms with Gasteiger partial charge in [-0.2, -0.15) is 0 Å². The zero-order chi connectivity index (χ0) is 17.8. The predicted octanol–water partition coefficient (Wildman–Crippen LogP) is 2.57. The number of benzene rings is 1. The van der Waals surface area contributed by atoms with Crippen molar-refractivity contribution in [2.45, 2.75) is 44.7 Å². The monoisotopic (exact) mass is 345 g/mol. The lowest BCUT2D eigenvalue weighted by Gasteiger charge is -2.48. The molecule has 25 heavy (non-hydrogen) atoms. The highest BCUT2D eigenvalue weighted by molar-refractivity contribution is 5.26. The van der Waals surface area contributed by atoms with Gasteiger partial charge in [0.1, 0.15) is 5.75 Å². The number of hydrogen-bond acceptors (Lipinski definition) is 4. The predicted molar refractivity (Wildman–Crippen MR) is 104 cm³/mol. The lowest BCUT2D eigenvalue weighted by molar-refractivity contribution is 0.0231. The van der Waals surface area contributed by atoms with Gasteiger partial charge in [0.15, 0.2) is 0 Å². The second kappa shape index (κ2) is 8.52. The third kappa shape index (κ3) is 4.75. The number of nitrogens with zero attached hydrogens (tertiary/aromatic N) is 2. The largest absolute Gasteiger partial charge is 0.508 e. The molecule has 1 aromatic rings. The van der Waals surface area contributed by atoms with Crippen molar-refractivity contribution in [1.29, 1.82) is 0 Å². The highest BCUT2D eigenvalue weighted by atomic mass is 16.3. The Bertz CT molecular complexity index is 526. The Morgan fingerprint density at radius 3 is 2.52 bits per heavy atom. The lowest BCUT2D eigenvalue weighted by atomic mass is 9.82. The van der Waals surface area contributed by atoms with Crippen LogP contribution < -0.4 is 5.32 Å². The molecule has 0 aromatic heterocycles. The molecule has 2 fully saturated rings. The van der Waals surface area contributed by atoms with Crippen LogP contribution in [0.4, 0.5) is 0 Å². The van der Waals surface area contributed by atoms with Crippen LogP contribution in [0, 0.1) is 11.8 Å². The molecule has 0 radical (unpaired) electrons. The van der Waals surface area contributed by atoms with Crippen LogP contribution in [-0.2, 0) is 6.42 Å². The summed E-state index contributed by atoms with van der Waals surface area (Å²) in [4.78, 5) is 5.21. The number of phenols is 1. The van der Waals surface area contributed by atoms with Crippen molar-refractivity contribution in [3.63, 3.8) is 0 Å². The van der Waals surface area contributed by atoms with Crippen LogP contribution in [-0.4, -0.2) is 67.3 Å². The summed E-state index contributed by atoms with van der Waals surface area (Å²) in [5.74, 6) is 1.92. The van der Waals surface area contributed by atoms with E-state index >= 15 is 0 Å². The number of likely N-dealkylation sites (N-methyl/N-ethyl adjacent to an activating group) is 2. The molecule has 1 aromatic carbocycles. The highest BCUT2D eigenvalue weighted by Crippen LogP contribution is 2.30. The number of phenolic OH excluding ortho intramolecular Hbond substituents is 1. The maximum Gasteiger partial charge on any atom is 0.115 e. The summed E-state index contributed by atoms with van der Waals surface area (Å²) in [7, 11) is 4.62. The van der Waals surface area contributed by atoms with Crippen molar-refractivity contribution in [2.24, 2.45) is 11.8 Å². The van der Waals surface area contributed by atoms with Crippen LogP contribution in [0.5, 0.6) is 5.75 Å². The van der Waals surface area contributed by atoms with Crippen molar-refractivity contribution < 1.29 is 5.11 Å². The molecule has 2 aliphatic heterocycles. The van der Waals surface area contributed by atoms with Crippen molar-refractivity contribution >= 4 is 0 Å². The van der Waals surface area contributed by atoms with Gasteiger partial charge in [0.25, 0.3) is 0 Å². The second-order valence-corrected chi connectivity index (χ2v) is 8.31. The molecule has 4 heteroatoms. The highest BCUT2D eigenvalue weighted by Gasteiger charge is 2.37. The van der Waals surface area contributed by atoms with E-state index < -0.39 is 0 Å². The molecule has 4 nitrogen and oxygen atoms in total. The Kier molecular flexibility index (Phi) is 6.37. The Morgan fingerprint density at radius 2 is 1.84 bits per heavy atom. The third-order valence-electron chi connectivity index (χ3n) is 6.38. The molecule has 2 heterocycles. The Labute approximate surface area is 153 Å². The number of piperidine rings is 2. The Hall–Kier alpha value is -1.10. The summed E-state index contributed by atoms with van der Waals surface area (Å²) in [5, 5.41) is 13.0. The number of hydrogen-bond donors (Lipinski definition) is 2. The summed E-state index contributed by atoms with van der Waals surface area (Å²) in [6.45, 7) is 7.18. The van der Waals surface area contributed by atoms with Gasteiger partial charge in [-0.05, 0) is 88.9 Å². The molecule has 2 N–H and O–H groups in total. The van der Waals surface area contributed by atoms with Gasteiger partial charge in [-0.3, -0.25) is 0 Å². The van der Waals surface area contributed by atoms with E-state index in [2.05, 4.69) is 48.3 Å². The standard InChI is InChI=1S/C21H35N3O/c1-16-10-13-23(2)20(14-17-4-6-19(25)7-5-17)21(16)24(3)15-18-8-11-22-12-9-18/h4-7,16,18,20-22,25H,8-15H2,1-3H3. The molecule has 3 rings (SSSR count). The normalized spacial score (nSPS) is 29.2. The van der Waals surface area contributed by atoms with E-state index in [0.29, 0.717) is 17.8 Å². The van der Waals surface area contributed by atoms with Gasteiger partial charge in [0.05, 0.1) is 0 Å². The van der Waals surface area contributed by atoms with Crippen LogP contribution in [0.3, 0.4) is 0 Å². The zero-order valence-electron chi connectivity index (χ0n) is 16.1. The first kappa shape index (κ1) is 18.7. The molecule has 0 aliphatic carbocycles. The van der Waals surface area contributed by atoms with Crippen molar-refractivity contribution in [1.82, 2.24) is 15.1 Å². The molecule has 0 bridgehead atoms. The summed E-state index contributed by atoms with van der Waals surface area (Å²) in [6.07, 6.45) is 4.96. The first-order chi connectivity index (χ1) is 12.0. The fraction of sp³-hybridized carbons (Fsp3) is 0.714. The first-order valence-corrected chi connectivity index (χ1v) is 9.93. The molecule has 2 saturated heterocycles. The van der Waals surface area contributed by atoms with Crippen molar-refractivity contribution in [3.8, 4) is 5.75 Å². The molecule has 0 saturated carbocycles. The first-order valence-electron chi connectivity index (χ1n) is 9.93. The molecule has 3 atom stereocenters. The Balaban J connectivity index is 1.70. The average molecular weight is 346 g/mol. The van der Waals surface area contributed by atoms with Crippen LogP contribution in [0.1, 0.15) is 31.7 Å². The number of aromatic hydroxyl groups is 1. The molecular formula is C21H35N3O. The van der Waals surface area contributed by atoms with Gasteiger partial charge in [-0.1, -0.05) is 19.1 Å². The van der Waals surface area contributed by atoms with Gasteiger partial charge in [0.2, 0.25) is 0 Å². The van der Waals surface area contributed by atoms with Crippen LogP contribution in [0.15, 0.2) is 24.3 Å². The third-order valence-corrected chi connectivity index (χ3v) is 6.38. The van der Waals surface area contributed by atoms with Crippen molar-refractivity contribution in [3.05, 3.63) is 29.8 Å². The van der Waals surface area contributed by atoms with E-state index in [1.807, 2.05) is 12.1 Å². The van der Waals surface area contributed by atoms with Gasteiger partial charge < -0.3 is 20.2 Å². The van der Waals surface area contributed by atoms with E-state index in [0.717, 1.165) is 18.3 Å². The van der Waals surface area contributed by atoms with Gasteiger partial charge >= 0.3 is 0 Å². The van der Waals surface area contributed by atoms with Gasteiger partial charge in [-0.25, -0.2) is 0 Å². The van der Waals surface area contributed by atoms with Crippen LogP contribution in [0.2, 0.25) is 0 Å². The maximum atomic E-state index is 9.56. The fourth-order valence-corrected chi connectivity index (χ4v) is 4.86. The maximum absolute atomic E-state index is 9.56. The molecule has 0 amide bonds. The van der Waals surface area contributed by atoms with E-state index in [4.69, 9.17) is 0 Å². The van der Waals surface area contributed by atoms with E-state index in [1.54, 1.807) is 0 Å². The topological polar surface area (TPSA) is 38.7 Å². The number of likely N-dealkylation sites (tertiary alicyclic amines) is 1. The van der Waals surface area contributed by atoms with Crippen molar-refractivity contribution in [2.75, 3.05) is 40.3 Å². The van der Waals surface area contributed by atoms with E-state index in [-0.39, 0.29) is 0 Å². The molecule has 0 spiro atoms. The molecule has 2 aliphatic rings. The van der Waals surface area contributed by atoms with E-state index in [1.165, 1.54) is 51.0 Å². The minimum Gasteiger partial charge on any atom is -0.508 e. The Morgan fingerprint density at radius 1 is 1.16 bits per heavy atom. The van der Waals surface area contributed by atoms with Gasteiger partial charge in [0, 0.05) is 18.6 Å². The minimum absolute atomic E-state index is 0.355. The quantitative estimate of drug-likeness (QED) is 0.860. The minimum atomic E-state index is 0.355.